The second-order valence-corrected chi connectivity index (χ2v) is 6.08. The van der Waals surface area contributed by atoms with Crippen molar-refractivity contribution >= 4 is 37.9 Å². The van der Waals surface area contributed by atoms with Crippen molar-refractivity contribution in [3.05, 3.63) is 34.5 Å². The van der Waals surface area contributed by atoms with Gasteiger partial charge in [0, 0.05) is 13.1 Å². The summed E-state index contributed by atoms with van der Waals surface area (Å²) in [6.45, 7) is 2.04. The molecule has 0 bridgehead atoms. The van der Waals surface area contributed by atoms with E-state index in [1.54, 1.807) is 6.07 Å². The number of para-hydroxylation sites is 1. The van der Waals surface area contributed by atoms with E-state index in [0.717, 1.165) is 18.2 Å². The largest absolute Gasteiger partial charge is 0.437 e. The van der Waals surface area contributed by atoms with Crippen molar-refractivity contribution in [3.63, 3.8) is 0 Å². The van der Waals surface area contributed by atoms with Crippen LogP contribution in [0.25, 0.3) is 21.4 Å². The predicted octanol–water partition coefficient (Wildman–Crippen LogP) is 3.39. The molecule has 4 rings (SSSR count). The number of hydrogen-bond acceptors (Lipinski definition) is 5. The molecule has 1 fully saturated rings. The fourth-order valence-electron chi connectivity index (χ4n) is 2.70. The second kappa shape index (κ2) is 4.59. The van der Waals surface area contributed by atoms with Gasteiger partial charge in [-0.1, -0.05) is 23.5 Å². The number of benzene rings is 1. The lowest BCUT2D eigenvalue weighted by molar-refractivity contribution is 0.575. The van der Waals surface area contributed by atoms with Gasteiger partial charge < -0.3 is 9.32 Å². The van der Waals surface area contributed by atoms with Gasteiger partial charge in [-0.2, -0.15) is 4.98 Å². The molecule has 102 valence electrons. The third kappa shape index (κ3) is 1.81. The van der Waals surface area contributed by atoms with Gasteiger partial charge in [-0.3, -0.25) is 4.79 Å². The maximum atomic E-state index is 12.5. The molecule has 0 amide bonds. The smallest absolute Gasteiger partial charge is 0.243 e. The van der Waals surface area contributed by atoms with Crippen molar-refractivity contribution in [1.29, 1.82) is 0 Å². The van der Waals surface area contributed by atoms with Crippen LogP contribution in [0.15, 0.2) is 33.5 Å². The van der Waals surface area contributed by atoms with Crippen molar-refractivity contribution in [1.82, 2.24) is 4.98 Å². The van der Waals surface area contributed by atoms with Crippen molar-refractivity contribution < 1.29 is 4.42 Å². The monoisotopic (exact) mass is 286 g/mol. The summed E-state index contributed by atoms with van der Waals surface area (Å²) in [4.78, 5) is 19.3. The highest BCUT2D eigenvalue weighted by Gasteiger charge is 2.18. The Morgan fingerprint density at radius 3 is 2.80 bits per heavy atom. The van der Waals surface area contributed by atoms with Gasteiger partial charge in [0.05, 0.1) is 5.39 Å². The fourth-order valence-corrected chi connectivity index (χ4v) is 3.70. The van der Waals surface area contributed by atoms with Gasteiger partial charge in [0.2, 0.25) is 11.1 Å². The lowest BCUT2D eigenvalue weighted by atomic mass is 10.1. The number of fused-ring (bicyclic) bond motifs is 2. The van der Waals surface area contributed by atoms with Gasteiger partial charge in [-0.25, -0.2) is 0 Å². The lowest BCUT2D eigenvalue weighted by Gasteiger charge is -2.25. The molecule has 1 aliphatic rings. The number of nitrogens with zero attached hydrogens (tertiary/aromatic N) is 2. The molecule has 5 heteroatoms. The Balaban J connectivity index is 1.92. The van der Waals surface area contributed by atoms with Crippen molar-refractivity contribution in [3.8, 4) is 0 Å². The Morgan fingerprint density at radius 2 is 1.95 bits per heavy atom. The van der Waals surface area contributed by atoms with E-state index < -0.39 is 0 Å². The van der Waals surface area contributed by atoms with Crippen LogP contribution in [0.2, 0.25) is 0 Å². The average Bonchev–Trinajstić information content (AvgIpc) is 2.93. The topological polar surface area (TPSA) is 46.3 Å². The van der Waals surface area contributed by atoms with E-state index >= 15 is 0 Å². The van der Waals surface area contributed by atoms with E-state index in [4.69, 9.17) is 4.42 Å². The molecule has 1 saturated heterocycles. The van der Waals surface area contributed by atoms with Crippen molar-refractivity contribution in [2.45, 2.75) is 19.3 Å². The molecule has 0 spiro atoms. The molecule has 2 aromatic heterocycles. The van der Waals surface area contributed by atoms with Crippen LogP contribution in [0.3, 0.4) is 0 Å². The number of thiazole rings is 1. The fraction of sp³-hybridized carbons (Fsp3) is 0.333. The molecular weight excluding hydrogens is 272 g/mol. The first-order valence-corrected chi connectivity index (χ1v) is 7.72. The number of aromatic nitrogens is 1. The molecule has 1 aliphatic heterocycles. The van der Waals surface area contributed by atoms with Crippen LogP contribution in [0, 0.1) is 0 Å². The third-order valence-corrected chi connectivity index (χ3v) is 4.85. The van der Waals surface area contributed by atoms with E-state index in [1.165, 1.54) is 30.6 Å². The summed E-state index contributed by atoms with van der Waals surface area (Å²) in [6.07, 6.45) is 3.67. The Hall–Kier alpha value is -1.88. The molecule has 4 nitrogen and oxygen atoms in total. The molecule has 3 aromatic rings. The Labute approximate surface area is 119 Å². The molecule has 20 heavy (non-hydrogen) atoms. The summed E-state index contributed by atoms with van der Waals surface area (Å²) in [6, 6.07) is 7.35. The standard InChI is InChI=1S/C15H14N2O2S/c18-12-10-6-2-3-7-11(10)19-14-13(12)20-15(16-14)17-8-4-1-5-9-17/h2-3,6-7H,1,4-5,8-9H2. The molecule has 3 heterocycles. The highest BCUT2D eigenvalue weighted by Crippen LogP contribution is 2.30. The minimum absolute atomic E-state index is 0.0302. The zero-order valence-electron chi connectivity index (χ0n) is 11.0. The molecule has 0 atom stereocenters. The summed E-state index contributed by atoms with van der Waals surface area (Å²) >= 11 is 1.45. The van der Waals surface area contributed by atoms with Gasteiger partial charge in [-0.05, 0) is 31.4 Å². The van der Waals surface area contributed by atoms with Gasteiger partial charge >= 0.3 is 0 Å². The molecular formula is C15H14N2O2S. The van der Waals surface area contributed by atoms with Crippen molar-refractivity contribution in [2.24, 2.45) is 0 Å². The van der Waals surface area contributed by atoms with Crippen LogP contribution < -0.4 is 10.3 Å². The van der Waals surface area contributed by atoms with Crippen LogP contribution in [0.1, 0.15) is 19.3 Å². The first-order valence-electron chi connectivity index (χ1n) is 6.90. The maximum absolute atomic E-state index is 12.5. The van der Waals surface area contributed by atoms with E-state index in [9.17, 15) is 4.79 Å². The second-order valence-electron chi connectivity index (χ2n) is 5.11. The normalized spacial score (nSPS) is 16.1. The Bertz CT molecular complexity index is 831. The summed E-state index contributed by atoms with van der Waals surface area (Å²) in [5, 5.41) is 1.55. The van der Waals surface area contributed by atoms with E-state index in [-0.39, 0.29) is 5.43 Å². The predicted molar refractivity (Wildman–Crippen MR) is 81.7 cm³/mol. The minimum Gasteiger partial charge on any atom is -0.437 e. The summed E-state index contributed by atoms with van der Waals surface area (Å²) in [7, 11) is 0. The van der Waals surface area contributed by atoms with E-state index in [1.807, 2.05) is 18.2 Å². The van der Waals surface area contributed by atoms with Crippen LogP contribution in [0.5, 0.6) is 0 Å². The Kier molecular flexibility index (Phi) is 2.73. The molecule has 1 aromatic carbocycles. The molecule has 0 unspecified atom stereocenters. The SMILES string of the molecule is O=c1c2ccccc2oc2nc(N3CCCCC3)sc12. The first-order chi connectivity index (χ1) is 9.83. The number of piperidine rings is 1. The van der Waals surface area contributed by atoms with Crippen LogP contribution in [-0.2, 0) is 0 Å². The van der Waals surface area contributed by atoms with Crippen LogP contribution in [0.4, 0.5) is 5.13 Å². The Morgan fingerprint density at radius 1 is 1.15 bits per heavy atom. The molecule has 0 N–H and O–H groups in total. The van der Waals surface area contributed by atoms with Gasteiger partial charge in [0.15, 0.2) is 5.13 Å². The van der Waals surface area contributed by atoms with Crippen LogP contribution >= 0.6 is 11.3 Å². The van der Waals surface area contributed by atoms with Gasteiger partial charge in [-0.15, -0.1) is 0 Å². The highest BCUT2D eigenvalue weighted by atomic mass is 32.1. The molecule has 0 saturated carbocycles. The van der Waals surface area contributed by atoms with Gasteiger partial charge in [0.1, 0.15) is 10.3 Å². The van der Waals surface area contributed by atoms with Gasteiger partial charge in [0.25, 0.3) is 0 Å². The van der Waals surface area contributed by atoms with E-state index in [2.05, 4.69) is 9.88 Å². The zero-order chi connectivity index (χ0) is 13.5. The number of hydrogen-bond donors (Lipinski definition) is 0. The number of rotatable bonds is 1. The highest BCUT2D eigenvalue weighted by molar-refractivity contribution is 7.22. The molecule has 0 aliphatic carbocycles. The average molecular weight is 286 g/mol. The summed E-state index contributed by atoms with van der Waals surface area (Å²) in [5.41, 5.74) is 1.11. The molecule has 0 radical (unpaired) electrons. The zero-order valence-corrected chi connectivity index (χ0v) is 11.8. The van der Waals surface area contributed by atoms with Crippen molar-refractivity contribution in [2.75, 3.05) is 18.0 Å². The number of anilines is 1. The summed E-state index contributed by atoms with van der Waals surface area (Å²) in [5.74, 6) is 0. The van der Waals surface area contributed by atoms with Crippen LogP contribution in [-0.4, -0.2) is 18.1 Å². The summed E-state index contributed by atoms with van der Waals surface area (Å²) < 4.78 is 6.40. The first kappa shape index (κ1) is 11.9. The minimum atomic E-state index is 0.0302. The maximum Gasteiger partial charge on any atom is 0.243 e. The van der Waals surface area contributed by atoms with E-state index in [0.29, 0.717) is 21.4 Å². The quantitative estimate of drug-likeness (QED) is 0.688. The third-order valence-electron chi connectivity index (χ3n) is 3.76. The lowest BCUT2D eigenvalue weighted by Crippen LogP contribution is -2.29.